The standard InChI is InChI=1S/C25H26N2O3/c1-3-18-12-10-11-17-21(18)26-24(28)23(27-25(29)30-2)22(19-13-6-4-7-14-19)20-15-8-5-9-16-20/h4-17,22-23H,3H2,1-2H3,(H,26,28)(H,27,29). The third kappa shape index (κ3) is 5.06. The number of carbonyl (C=O) groups is 2. The van der Waals surface area contributed by atoms with Crippen LogP contribution in [0.3, 0.4) is 0 Å². The minimum Gasteiger partial charge on any atom is -0.453 e. The fourth-order valence-corrected chi connectivity index (χ4v) is 3.55. The van der Waals surface area contributed by atoms with Crippen molar-refractivity contribution in [2.75, 3.05) is 12.4 Å². The molecule has 0 aliphatic heterocycles. The molecule has 30 heavy (non-hydrogen) atoms. The number of methoxy groups -OCH3 is 1. The number of aryl methyl sites for hydroxylation is 1. The Morgan fingerprint density at radius 2 is 1.37 bits per heavy atom. The summed E-state index contributed by atoms with van der Waals surface area (Å²) in [6, 6.07) is 26.1. The summed E-state index contributed by atoms with van der Waals surface area (Å²) in [7, 11) is 1.29. The predicted molar refractivity (Wildman–Crippen MR) is 119 cm³/mol. The number of alkyl carbamates (subject to hydrolysis) is 1. The van der Waals surface area contributed by atoms with Gasteiger partial charge in [-0.05, 0) is 29.2 Å². The molecule has 5 nitrogen and oxygen atoms in total. The molecule has 0 spiro atoms. The zero-order chi connectivity index (χ0) is 21.3. The van der Waals surface area contributed by atoms with E-state index in [-0.39, 0.29) is 11.8 Å². The average molecular weight is 402 g/mol. The van der Waals surface area contributed by atoms with Crippen molar-refractivity contribution < 1.29 is 14.3 Å². The molecule has 2 N–H and O–H groups in total. The van der Waals surface area contributed by atoms with Crippen molar-refractivity contribution in [1.29, 1.82) is 0 Å². The van der Waals surface area contributed by atoms with Crippen LogP contribution in [-0.4, -0.2) is 25.2 Å². The second-order valence-corrected chi connectivity index (χ2v) is 6.91. The molecule has 0 aliphatic rings. The van der Waals surface area contributed by atoms with E-state index in [0.29, 0.717) is 0 Å². The summed E-state index contributed by atoms with van der Waals surface area (Å²) >= 11 is 0. The number of nitrogens with one attached hydrogen (secondary N) is 2. The van der Waals surface area contributed by atoms with Gasteiger partial charge in [-0.3, -0.25) is 4.79 Å². The molecule has 1 atom stereocenters. The van der Waals surface area contributed by atoms with Crippen molar-refractivity contribution >= 4 is 17.7 Å². The molecule has 2 amide bonds. The highest BCUT2D eigenvalue weighted by Crippen LogP contribution is 2.29. The molecule has 0 fully saturated rings. The molecule has 3 aromatic rings. The molecule has 3 rings (SSSR count). The number of anilines is 1. The Balaban J connectivity index is 2.03. The third-order valence-electron chi connectivity index (χ3n) is 5.05. The van der Waals surface area contributed by atoms with E-state index in [1.165, 1.54) is 7.11 Å². The van der Waals surface area contributed by atoms with E-state index < -0.39 is 12.1 Å². The van der Waals surface area contributed by atoms with Gasteiger partial charge in [-0.2, -0.15) is 0 Å². The van der Waals surface area contributed by atoms with Gasteiger partial charge in [0.05, 0.1) is 7.11 Å². The molecule has 0 aromatic heterocycles. The maximum absolute atomic E-state index is 13.4. The van der Waals surface area contributed by atoms with Crippen LogP contribution in [0.4, 0.5) is 10.5 Å². The zero-order valence-corrected chi connectivity index (χ0v) is 17.2. The lowest BCUT2D eigenvalue weighted by Crippen LogP contribution is -2.48. The highest BCUT2D eigenvalue weighted by atomic mass is 16.5. The SMILES string of the molecule is CCc1ccccc1NC(=O)C(NC(=O)OC)C(c1ccccc1)c1ccccc1. The fourth-order valence-electron chi connectivity index (χ4n) is 3.55. The molecule has 0 bridgehead atoms. The number of hydrogen-bond donors (Lipinski definition) is 2. The first-order chi connectivity index (χ1) is 14.6. The van der Waals surface area contributed by atoms with E-state index in [2.05, 4.69) is 10.6 Å². The van der Waals surface area contributed by atoms with Gasteiger partial charge in [0, 0.05) is 11.6 Å². The summed E-state index contributed by atoms with van der Waals surface area (Å²) in [5.41, 5.74) is 3.60. The van der Waals surface area contributed by atoms with Crippen LogP contribution in [0.5, 0.6) is 0 Å². The van der Waals surface area contributed by atoms with Crippen LogP contribution < -0.4 is 10.6 Å². The van der Waals surface area contributed by atoms with E-state index in [1.54, 1.807) is 0 Å². The van der Waals surface area contributed by atoms with Gasteiger partial charge in [-0.15, -0.1) is 0 Å². The highest BCUT2D eigenvalue weighted by molar-refractivity contribution is 5.98. The van der Waals surface area contributed by atoms with Crippen molar-refractivity contribution in [2.24, 2.45) is 0 Å². The molecular formula is C25H26N2O3. The molecule has 0 heterocycles. The number of ether oxygens (including phenoxy) is 1. The van der Waals surface area contributed by atoms with E-state index in [4.69, 9.17) is 4.74 Å². The van der Waals surface area contributed by atoms with Crippen LogP contribution >= 0.6 is 0 Å². The lowest BCUT2D eigenvalue weighted by atomic mass is 9.84. The first kappa shape index (κ1) is 21.1. The Labute approximate surface area is 177 Å². The Kier molecular flexibility index (Phi) is 7.22. The quantitative estimate of drug-likeness (QED) is 0.600. The molecule has 0 saturated heterocycles. The van der Waals surface area contributed by atoms with Crippen LogP contribution in [0.1, 0.15) is 29.5 Å². The number of carbonyl (C=O) groups excluding carboxylic acids is 2. The minimum atomic E-state index is -0.868. The maximum Gasteiger partial charge on any atom is 0.407 e. The highest BCUT2D eigenvalue weighted by Gasteiger charge is 2.33. The Morgan fingerprint density at radius 1 is 0.833 bits per heavy atom. The minimum absolute atomic E-state index is 0.306. The van der Waals surface area contributed by atoms with Gasteiger partial charge in [0.2, 0.25) is 5.91 Å². The summed E-state index contributed by atoms with van der Waals surface area (Å²) in [5, 5.41) is 5.75. The van der Waals surface area contributed by atoms with E-state index in [0.717, 1.165) is 28.8 Å². The summed E-state index contributed by atoms with van der Waals surface area (Å²) in [6.45, 7) is 2.03. The van der Waals surface area contributed by atoms with Gasteiger partial charge in [-0.1, -0.05) is 85.8 Å². The van der Waals surface area contributed by atoms with E-state index in [9.17, 15) is 9.59 Å². The summed E-state index contributed by atoms with van der Waals surface area (Å²) in [6.07, 6.45) is 0.127. The normalized spacial score (nSPS) is 11.6. The van der Waals surface area contributed by atoms with Gasteiger partial charge in [0.25, 0.3) is 0 Å². The largest absolute Gasteiger partial charge is 0.453 e. The first-order valence-corrected chi connectivity index (χ1v) is 9.97. The zero-order valence-electron chi connectivity index (χ0n) is 17.2. The van der Waals surface area contributed by atoms with Gasteiger partial charge in [0.15, 0.2) is 0 Å². The lowest BCUT2D eigenvalue weighted by Gasteiger charge is -2.28. The molecule has 0 radical (unpaired) electrons. The predicted octanol–water partition coefficient (Wildman–Crippen LogP) is 4.74. The van der Waals surface area contributed by atoms with Crippen LogP contribution in [-0.2, 0) is 16.0 Å². The van der Waals surface area contributed by atoms with Gasteiger partial charge in [-0.25, -0.2) is 4.79 Å². The summed E-state index contributed by atoms with van der Waals surface area (Å²) in [5.74, 6) is -0.695. The average Bonchev–Trinajstić information content (AvgIpc) is 2.80. The molecular weight excluding hydrogens is 376 g/mol. The van der Waals surface area contributed by atoms with Gasteiger partial charge >= 0.3 is 6.09 Å². The van der Waals surface area contributed by atoms with Crippen molar-refractivity contribution in [3.8, 4) is 0 Å². The smallest absolute Gasteiger partial charge is 0.407 e. The van der Waals surface area contributed by atoms with Gasteiger partial charge < -0.3 is 15.4 Å². The van der Waals surface area contributed by atoms with Crippen molar-refractivity contribution in [3.63, 3.8) is 0 Å². The number of hydrogen-bond acceptors (Lipinski definition) is 3. The number of para-hydroxylation sites is 1. The number of amides is 2. The lowest BCUT2D eigenvalue weighted by molar-refractivity contribution is -0.118. The number of rotatable bonds is 7. The molecule has 0 aliphatic carbocycles. The molecule has 154 valence electrons. The number of benzene rings is 3. The van der Waals surface area contributed by atoms with E-state index in [1.807, 2.05) is 91.9 Å². The van der Waals surface area contributed by atoms with E-state index >= 15 is 0 Å². The molecule has 0 saturated carbocycles. The maximum atomic E-state index is 13.4. The van der Waals surface area contributed by atoms with Crippen LogP contribution in [0.25, 0.3) is 0 Å². The van der Waals surface area contributed by atoms with Crippen molar-refractivity contribution in [1.82, 2.24) is 5.32 Å². The molecule has 1 unspecified atom stereocenters. The second-order valence-electron chi connectivity index (χ2n) is 6.91. The monoisotopic (exact) mass is 402 g/mol. The molecule has 5 heteroatoms. The Hall–Kier alpha value is -3.60. The third-order valence-corrected chi connectivity index (χ3v) is 5.05. The van der Waals surface area contributed by atoms with Gasteiger partial charge in [0.1, 0.15) is 6.04 Å². The molecule has 3 aromatic carbocycles. The fraction of sp³-hybridized carbons (Fsp3) is 0.200. The Bertz CT molecular complexity index is 934. The summed E-state index contributed by atoms with van der Waals surface area (Å²) in [4.78, 5) is 25.6. The second kappa shape index (κ2) is 10.3. The van der Waals surface area contributed by atoms with Crippen molar-refractivity contribution in [3.05, 3.63) is 102 Å². The van der Waals surface area contributed by atoms with Crippen LogP contribution in [0.15, 0.2) is 84.9 Å². The van der Waals surface area contributed by atoms with Crippen molar-refractivity contribution in [2.45, 2.75) is 25.3 Å². The Morgan fingerprint density at radius 3 is 1.90 bits per heavy atom. The summed E-state index contributed by atoms with van der Waals surface area (Å²) < 4.78 is 4.82. The first-order valence-electron chi connectivity index (χ1n) is 9.97. The van der Waals surface area contributed by atoms with Crippen LogP contribution in [0.2, 0.25) is 0 Å². The van der Waals surface area contributed by atoms with Crippen LogP contribution in [0, 0.1) is 0 Å². The topological polar surface area (TPSA) is 67.4 Å².